The molecule has 5 nitrogen and oxygen atoms in total. The van der Waals surface area contributed by atoms with Crippen molar-refractivity contribution in [3.05, 3.63) is 35.2 Å². The van der Waals surface area contributed by atoms with Gasteiger partial charge in [-0.25, -0.2) is 0 Å². The Bertz CT molecular complexity index is 849. The average molecular weight is 386 g/mol. The lowest BCUT2D eigenvalue weighted by Crippen LogP contribution is -2.65. The lowest BCUT2D eigenvalue weighted by atomic mass is 9.85. The standard InChI is InChI=1S/C21H27N3O2S/c1-21(20(26)22-10-5-12-23-11-4-8-19(23)25)9-13-24(21)14-16-15-27-18-7-3-2-6-17(16)18/h2-3,6-7,15H,4-5,8-14H2,1H3,(H,22,26). The van der Waals surface area contributed by atoms with Crippen molar-refractivity contribution in [3.8, 4) is 0 Å². The summed E-state index contributed by atoms with van der Waals surface area (Å²) >= 11 is 1.77. The number of carbonyl (C=O) groups excluding carboxylic acids is 2. The van der Waals surface area contributed by atoms with Crippen molar-refractivity contribution in [2.24, 2.45) is 0 Å². The molecule has 1 unspecified atom stereocenters. The molecule has 0 aliphatic carbocycles. The summed E-state index contributed by atoms with van der Waals surface area (Å²) in [5.74, 6) is 0.363. The molecule has 2 fully saturated rings. The molecule has 2 amide bonds. The van der Waals surface area contributed by atoms with Gasteiger partial charge in [0.1, 0.15) is 0 Å². The van der Waals surface area contributed by atoms with E-state index in [4.69, 9.17) is 0 Å². The Labute approximate surface area is 164 Å². The molecule has 2 aliphatic heterocycles. The van der Waals surface area contributed by atoms with E-state index >= 15 is 0 Å². The number of fused-ring (bicyclic) bond motifs is 1. The third kappa shape index (κ3) is 3.60. The molecule has 0 radical (unpaired) electrons. The van der Waals surface area contributed by atoms with E-state index in [0.29, 0.717) is 13.0 Å². The fourth-order valence-corrected chi connectivity index (χ4v) is 5.03. The van der Waals surface area contributed by atoms with Crippen LogP contribution in [0.25, 0.3) is 10.1 Å². The van der Waals surface area contributed by atoms with Crippen molar-refractivity contribution in [1.29, 1.82) is 0 Å². The number of carbonyl (C=O) groups is 2. The van der Waals surface area contributed by atoms with Crippen LogP contribution in [0.1, 0.15) is 38.2 Å². The van der Waals surface area contributed by atoms with Gasteiger partial charge < -0.3 is 10.2 Å². The highest BCUT2D eigenvalue weighted by atomic mass is 32.1. The minimum atomic E-state index is -0.424. The number of nitrogens with one attached hydrogen (secondary N) is 1. The molecule has 1 N–H and O–H groups in total. The molecular formula is C21H27N3O2S. The van der Waals surface area contributed by atoms with Crippen LogP contribution in [-0.4, -0.2) is 53.3 Å². The summed E-state index contributed by atoms with van der Waals surface area (Å²) in [6.07, 6.45) is 3.36. The minimum absolute atomic E-state index is 0.112. The molecule has 2 aliphatic rings. The first-order valence-corrected chi connectivity index (χ1v) is 10.7. The number of nitrogens with zero attached hydrogens (tertiary/aromatic N) is 2. The highest BCUT2D eigenvalue weighted by Crippen LogP contribution is 2.35. The molecular weight excluding hydrogens is 358 g/mol. The lowest BCUT2D eigenvalue weighted by Gasteiger charge is -2.49. The molecule has 3 heterocycles. The van der Waals surface area contributed by atoms with E-state index in [1.807, 2.05) is 11.8 Å². The van der Waals surface area contributed by atoms with Crippen LogP contribution in [0.5, 0.6) is 0 Å². The third-order valence-corrected chi connectivity index (χ3v) is 7.05. The zero-order chi connectivity index (χ0) is 18.9. The fraction of sp³-hybridized carbons (Fsp3) is 0.524. The first-order valence-electron chi connectivity index (χ1n) is 9.84. The number of benzene rings is 1. The van der Waals surface area contributed by atoms with Crippen LogP contribution in [0, 0.1) is 0 Å². The number of likely N-dealkylation sites (tertiary alicyclic amines) is 2. The number of amides is 2. The predicted molar refractivity (Wildman–Crippen MR) is 109 cm³/mol. The van der Waals surface area contributed by atoms with E-state index in [0.717, 1.165) is 45.4 Å². The Hall–Kier alpha value is -1.92. The van der Waals surface area contributed by atoms with Crippen molar-refractivity contribution in [2.75, 3.05) is 26.2 Å². The van der Waals surface area contributed by atoms with Crippen molar-refractivity contribution in [2.45, 2.75) is 44.7 Å². The molecule has 0 spiro atoms. The van der Waals surface area contributed by atoms with E-state index in [9.17, 15) is 9.59 Å². The summed E-state index contributed by atoms with van der Waals surface area (Å²) in [6.45, 7) is 6.07. The summed E-state index contributed by atoms with van der Waals surface area (Å²) in [4.78, 5) is 28.6. The second-order valence-corrected chi connectivity index (χ2v) is 8.71. The maximum absolute atomic E-state index is 12.8. The van der Waals surface area contributed by atoms with Gasteiger partial charge in [-0.2, -0.15) is 0 Å². The summed E-state index contributed by atoms with van der Waals surface area (Å²) in [5, 5.41) is 6.61. The second kappa shape index (κ2) is 7.60. The molecule has 1 aromatic heterocycles. The number of hydrogen-bond donors (Lipinski definition) is 1. The number of rotatable bonds is 7. The Morgan fingerprint density at radius 3 is 2.89 bits per heavy atom. The Morgan fingerprint density at radius 1 is 1.30 bits per heavy atom. The molecule has 27 heavy (non-hydrogen) atoms. The highest BCUT2D eigenvalue weighted by Gasteiger charge is 2.46. The summed E-state index contributed by atoms with van der Waals surface area (Å²) < 4.78 is 1.30. The van der Waals surface area contributed by atoms with Gasteiger partial charge in [-0.1, -0.05) is 18.2 Å². The van der Waals surface area contributed by atoms with Gasteiger partial charge in [-0.15, -0.1) is 11.3 Å². The highest BCUT2D eigenvalue weighted by molar-refractivity contribution is 7.17. The summed E-state index contributed by atoms with van der Waals surface area (Å²) in [7, 11) is 0. The maximum atomic E-state index is 12.8. The largest absolute Gasteiger partial charge is 0.354 e. The van der Waals surface area contributed by atoms with Crippen LogP contribution in [0.3, 0.4) is 0 Å². The van der Waals surface area contributed by atoms with Gasteiger partial charge in [-0.05, 0) is 48.6 Å². The zero-order valence-electron chi connectivity index (χ0n) is 15.9. The van der Waals surface area contributed by atoms with E-state index in [-0.39, 0.29) is 11.8 Å². The van der Waals surface area contributed by atoms with Gasteiger partial charge in [0.15, 0.2) is 0 Å². The van der Waals surface area contributed by atoms with E-state index < -0.39 is 5.54 Å². The number of thiophene rings is 1. The van der Waals surface area contributed by atoms with Crippen LogP contribution in [-0.2, 0) is 16.1 Å². The van der Waals surface area contributed by atoms with Crippen LogP contribution in [0.4, 0.5) is 0 Å². The average Bonchev–Trinajstić information content (AvgIpc) is 3.27. The Morgan fingerprint density at radius 2 is 2.15 bits per heavy atom. The third-order valence-electron chi connectivity index (χ3n) is 6.04. The molecule has 2 aromatic rings. The van der Waals surface area contributed by atoms with Gasteiger partial charge >= 0.3 is 0 Å². The Balaban J connectivity index is 1.29. The first-order chi connectivity index (χ1) is 13.1. The SMILES string of the molecule is CC1(C(=O)NCCCN2CCCC2=O)CCN1Cc1csc2ccccc12. The van der Waals surface area contributed by atoms with Crippen LogP contribution in [0.2, 0.25) is 0 Å². The summed E-state index contributed by atoms with van der Waals surface area (Å²) in [6, 6.07) is 8.46. The molecule has 4 rings (SSSR count). The topological polar surface area (TPSA) is 52.7 Å². The second-order valence-electron chi connectivity index (χ2n) is 7.80. The van der Waals surface area contributed by atoms with Gasteiger partial charge in [0.2, 0.25) is 11.8 Å². The van der Waals surface area contributed by atoms with Crippen molar-refractivity contribution >= 4 is 33.2 Å². The van der Waals surface area contributed by atoms with E-state index in [2.05, 4.69) is 39.9 Å². The molecule has 1 atom stereocenters. The van der Waals surface area contributed by atoms with Crippen LogP contribution in [0.15, 0.2) is 29.6 Å². The smallest absolute Gasteiger partial charge is 0.240 e. The van der Waals surface area contributed by atoms with E-state index in [1.54, 1.807) is 11.3 Å². The fourth-order valence-electron chi connectivity index (χ4n) is 4.08. The molecule has 0 bridgehead atoms. The van der Waals surface area contributed by atoms with Gasteiger partial charge in [-0.3, -0.25) is 14.5 Å². The molecule has 6 heteroatoms. The zero-order valence-corrected chi connectivity index (χ0v) is 16.7. The van der Waals surface area contributed by atoms with Gasteiger partial charge in [0, 0.05) is 43.8 Å². The molecule has 1 aromatic carbocycles. The monoisotopic (exact) mass is 385 g/mol. The first kappa shape index (κ1) is 18.4. The summed E-state index contributed by atoms with van der Waals surface area (Å²) in [5.41, 5.74) is 0.883. The maximum Gasteiger partial charge on any atom is 0.240 e. The van der Waals surface area contributed by atoms with Crippen LogP contribution < -0.4 is 5.32 Å². The molecule has 2 saturated heterocycles. The molecule has 144 valence electrons. The van der Waals surface area contributed by atoms with E-state index in [1.165, 1.54) is 15.6 Å². The number of hydrogen-bond acceptors (Lipinski definition) is 4. The van der Waals surface area contributed by atoms with Crippen molar-refractivity contribution < 1.29 is 9.59 Å². The Kier molecular flexibility index (Phi) is 5.19. The quantitative estimate of drug-likeness (QED) is 0.746. The normalized spacial score (nSPS) is 23.0. The van der Waals surface area contributed by atoms with Crippen LogP contribution >= 0.6 is 11.3 Å². The van der Waals surface area contributed by atoms with Gasteiger partial charge in [0.05, 0.1) is 5.54 Å². The van der Waals surface area contributed by atoms with Gasteiger partial charge in [0.25, 0.3) is 0 Å². The predicted octanol–water partition coefficient (Wildman–Crippen LogP) is 2.99. The lowest BCUT2D eigenvalue weighted by molar-refractivity contribution is -0.141. The van der Waals surface area contributed by atoms with Crippen molar-refractivity contribution in [3.63, 3.8) is 0 Å². The molecule has 0 saturated carbocycles. The minimum Gasteiger partial charge on any atom is -0.354 e. The van der Waals surface area contributed by atoms with Crippen molar-refractivity contribution in [1.82, 2.24) is 15.1 Å².